The molecule has 162 valence electrons. The summed E-state index contributed by atoms with van der Waals surface area (Å²) in [6.07, 6.45) is 3.11. The highest BCUT2D eigenvalue weighted by molar-refractivity contribution is 5.93. The average molecular weight is 415 g/mol. The van der Waals surface area contributed by atoms with Crippen molar-refractivity contribution in [1.82, 2.24) is 19.6 Å². The summed E-state index contributed by atoms with van der Waals surface area (Å²) in [4.78, 5) is 39.5. The van der Waals surface area contributed by atoms with Crippen molar-refractivity contribution in [2.45, 2.75) is 18.9 Å². The van der Waals surface area contributed by atoms with E-state index in [4.69, 9.17) is 9.25 Å². The summed E-state index contributed by atoms with van der Waals surface area (Å²) in [6, 6.07) is 3.41. The first-order valence-electron chi connectivity index (χ1n) is 10.9. The monoisotopic (exact) mass is 415 g/mol. The van der Waals surface area contributed by atoms with Gasteiger partial charge in [-0.3, -0.25) is 9.59 Å². The van der Waals surface area contributed by atoms with Gasteiger partial charge in [0.25, 0.3) is 5.91 Å². The van der Waals surface area contributed by atoms with Gasteiger partial charge in [0.2, 0.25) is 5.91 Å². The van der Waals surface area contributed by atoms with E-state index >= 15 is 0 Å². The van der Waals surface area contributed by atoms with Crippen LogP contribution >= 0.6 is 0 Å². The molecular weight excluding hydrogens is 386 g/mol. The Morgan fingerprint density at radius 3 is 2.50 bits per heavy atom. The summed E-state index contributed by atoms with van der Waals surface area (Å²) in [5.41, 5.74) is 0. The summed E-state index contributed by atoms with van der Waals surface area (Å²) in [5.74, 6) is 1.69. The molecule has 0 bridgehead atoms. The first-order chi connectivity index (χ1) is 14.6. The number of rotatable bonds is 2. The van der Waals surface area contributed by atoms with E-state index in [9.17, 15) is 9.59 Å². The minimum Gasteiger partial charge on any atom is -0.459 e. The van der Waals surface area contributed by atoms with E-state index in [1.54, 1.807) is 17.0 Å². The van der Waals surface area contributed by atoms with Gasteiger partial charge in [-0.25, -0.2) is 0 Å². The van der Waals surface area contributed by atoms with E-state index < -0.39 is 0 Å². The Labute approximate surface area is 176 Å². The van der Waals surface area contributed by atoms with Gasteiger partial charge >= 0.3 is 0 Å². The molecule has 0 N–H and O–H groups in total. The number of nitrogens with zero attached hydrogens (tertiary/aromatic N) is 5. The van der Waals surface area contributed by atoms with Crippen molar-refractivity contribution in [2.75, 3.05) is 59.4 Å². The molecule has 30 heavy (non-hydrogen) atoms. The molecule has 0 aromatic carbocycles. The molecule has 0 aliphatic carbocycles. The molecule has 0 unspecified atom stereocenters. The molecule has 1 aromatic heterocycles. The zero-order valence-electron chi connectivity index (χ0n) is 17.4. The van der Waals surface area contributed by atoms with E-state index in [0.717, 1.165) is 57.9 Å². The number of hydrogen-bond donors (Lipinski definition) is 0. The number of hydrogen-bond acceptors (Lipinski definition) is 7. The van der Waals surface area contributed by atoms with Crippen molar-refractivity contribution in [2.24, 2.45) is 17.0 Å². The number of oxime groups is 1. The van der Waals surface area contributed by atoms with Crippen LogP contribution in [0.5, 0.6) is 0 Å². The lowest BCUT2D eigenvalue weighted by Crippen LogP contribution is -2.51. The van der Waals surface area contributed by atoms with Crippen molar-refractivity contribution < 1.29 is 18.8 Å². The number of likely N-dealkylation sites (tertiary alicyclic amines) is 2. The zero-order chi connectivity index (χ0) is 20.7. The Bertz CT molecular complexity index is 809. The lowest BCUT2D eigenvalue weighted by atomic mass is 9.93. The number of piperazine rings is 1. The van der Waals surface area contributed by atoms with E-state index in [1.165, 1.54) is 6.26 Å². The van der Waals surface area contributed by atoms with Crippen LogP contribution in [0, 0.1) is 11.8 Å². The molecule has 0 radical (unpaired) electrons. The number of amidine groups is 1. The van der Waals surface area contributed by atoms with Crippen LogP contribution < -0.4 is 0 Å². The first kappa shape index (κ1) is 19.4. The molecule has 5 rings (SSSR count). The quantitative estimate of drug-likeness (QED) is 0.702. The first-order valence-corrected chi connectivity index (χ1v) is 10.9. The summed E-state index contributed by atoms with van der Waals surface area (Å²) in [6.45, 7) is 6.30. The number of furan rings is 1. The van der Waals surface area contributed by atoms with Crippen LogP contribution in [0.25, 0.3) is 0 Å². The van der Waals surface area contributed by atoms with E-state index in [0.29, 0.717) is 24.8 Å². The summed E-state index contributed by atoms with van der Waals surface area (Å²) in [5, 5.41) is 4.35. The molecule has 3 saturated heterocycles. The van der Waals surface area contributed by atoms with Crippen molar-refractivity contribution in [1.29, 1.82) is 0 Å². The molecule has 1 aromatic rings. The smallest absolute Gasteiger partial charge is 0.289 e. The van der Waals surface area contributed by atoms with E-state index in [-0.39, 0.29) is 23.8 Å². The molecule has 9 nitrogen and oxygen atoms in total. The third-order valence-corrected chi connectivity index (χ3v) is 6.88. The van der Waals surface area contributed by atoms with Gasteiger partial charge in [-0.2, -0.15) is 0 Å². The number of piperidine rings is 1. The molecule has 4 aliphatic rings. The highest BCUT2D eigenvalue weighted by Crippen LogP contribution is 2.32. The standard InChI is InChI=1S/C21H29N5O4/c1-23-8-10-25(11-9-23)20(27)15-4-6-24(7-5-15)19-16-13-26(14-18(16)30-22-19)21(28)17-3-2-12-29-17/h2-3,12,15-16,18H,4-11,13-14H2,1H3/t16-,18-/m1/s1. The van der Waals surface area contributed by atoms with Gasteiger partial charge in [0, 0.05) is 51.7 Å². The summed E-state index contributed by atoms with van der Waals surface area (Å²) >= 11 is 0. The summed E-state index contributed by atoms with van der Waals surface area (Å²) in [7, 11) is 2.10. The van der Waals surface area contributed by atoms with Crippen LogP contribution in [0.4, 0.5) is 0 Å². The molecule has 2 atom stereocenters. The maximum absolute atomic E-state index is 12.9. The Morgan fingerprint density at radius 1 is 1.03 bits per heavy atom. The zero-order valence-corrected chi connectivity index (χ0v) is 17.4. The Balaban J connectivity index is 1.15. The molecule has 0 spiro atoms. The van der Waals surface area contributed by atoms with Gasteiger partial charge in [-0.05, 0) is 32.0 Å². The second kappa shape index (κ2) is 7.94. The van der Waals surface area contributed by atoms with Crippen LogP contribution in [0.1, 0.15) is 23.4 Å². The SMILES string of the molecule is CN1CCN(C(=O)C2CCN(C3=NO[C@@H]4CN(C(=O)c5ccco5)C[C@@H]34)CC2)CC1. The Hall–Kier alpha value is -2.55. The van der Waals surface area contributed by atoms with Gasteiger partial charge in [-0.15, -0.1) is 0 Å². The van der Waals surface area contributed by atoms with Crippen LogP contribution in [0.2, 0.25) is 0 Å². The Kier molecular flexibility index (Phi) is 5.14. The van der Waals surface area contributed by atoms with Crippen molar-refractivity contribution in [3.8, 4) is 0 Å². The van der Waals surface area contributed by atoms with Crippen molar-refractivity contribution in [3.63, 3.8) is 0 Å². The third kappa shape index (κ3) is 3.55. The topological polar surface area (TPSA) is 81.8 Å². The number of likely N-dealkylation sites (N-methyl/N-ethyl adjacent to an activating group) is 1. The van der Waals surface area contributed by atoms with Crippen LogP contribution in [-0.2, 0) is 9.63 Å². The Morgan fingerprint density at radius 2 is 1.80 bits per heavy atom. The van der Waals surface area contributed by atoms with Crippen molar-refractivity contribution >= 4 is 17.6 Å². The van der Waals surface area contributed by atoms with Crippen molar-refractivity contribution in [3.05, 3.63) is 24.2 Å². The molecule has 2 amide bonds. The molecule has 5 heterocycles. The van der Waals surface area contributed by atoms with Crippen LogP contribution in [0.15, 0.2) is 28.0 Å². The molecular formula is C21H29N5O4. The fourth-order valence-corrected chi connectivity index (χ4v) is 4.97. The number of amides is 2. The highest BCUT2D eigenvalue weighted by atomic mass is 16.6. The van der Waals surface area contributed by atoms with Crippen LogP contribution in [-0.4, -0.2) is 103 Å². The number of carbonyl (C=O) groups excluding carboxylic acids is 2. The number of carbonyl (C=O) groups is 2. The lowest BCUT2D eigenvalue weighted by molar-refractivity contribution is -0.138. The van der Waals surface area contributed by atoms with E-state index in [1.807, 2.05) is 4.90 Å². The predicted molar refractivity (Wildman–Crippen MR) is 109 cm³/mol. The highest BCUT2D eigenvalue weighted by Gasteiger charge is 2.47. The fraction of sp³-hybridized carbons (Fsp3) is 0.667. The number of fused-ring (bicyclic) bond motifs is 1. The van der Waals surface area contributed by atoms with Crippen LogP contribution in [0.3, 0.4) is 0 Å². The lowest BCUT2D eigenvalue weighted by Gasteiger charge is -2.38. The molecule has 9 heteroatoms. The second-order valence-electron chi connectivity index (χ2n) is 8.78. The normalized spacial score (nSPS) is 27.8. The minimum atomic E-state index is -0.103. The maximum Gasteiger partial charge on any atom is 0.289 e. The van der Waals surface area contributed by atoms with E-state index in [2.05, 4.69) is 22.0 Å². The van der Waals surface area contributed by atoms with Gasteiger partial charge in [0.05, 0.1) is 18.7 Å². The molecule has 3 fully saturated rings. The van der Waals surface area contributed by atoms with Gasteiger partial charge < -0.3 is 28.9 Å². The van der Waals surface area contributed by atoms with Gasteiger partial charge in [0.15, 0.2) is 17.7 Å². The largest absolute Gasteiger partial charge is 0.459 e. The third-order valence-electron chi connectivity index (χ3n) is 6.88. The second-order valence-corrected chi connectivity index (χ2v) is 8.78. The molecule has 4 aliphatic heterocycles. The van der Waals surface area contributed by atoms with Gasteiger partial charge in [0.1, 0.15) is 0 Å². The summed E-state index contributed by atoms with van der Waals surface area (Å²) < 4.78 is 5.25. The predicted octanol–water partition coefficient (Wildman–Crippen LogP) is 0.550. The minimum absolute atomic E-state index is 0.0915. The average Bonchev–Trinajstić information content (AvgIpc) is 3.51. The molecule has 0 saturated carbocycles. The fourth-order valence-electron chi connectivity index (χ4n) is 4.97. The maximum atomic E-state index is 12.9. The van der Waals surface area contributed by atoms with Gasteiger partial charge in [-0.1, -0.05) is 5.16 Å².